The van der Waals surface area contributed by atoms with E-state index in [1.165, 1.54) is 25.0 Å². The van der Waals surface area contributed by atoms with Crippen molar-refractivity contribution in [2.75, 3.05) is 43.5 Å². The first-order valence-electron chi connectivity index (χ1n) is 14.3. The van der Waals surface area contributed by atoms with Crippen LogP contribution in [0.1, 0.15) is 56.9 Å². The van der Waals surface area contributed by atoms with E-state index in [0.29, 0.717) is 58.0 Å². The summed E-state index contributed by atoms with van der Waals surface area (Å²) in [7, 11) is 0. The van der Waals surface area contributed by atoms with Gasteiger partial charge in [0.25, 0.3) is 5.91 Å². The Balaban J connectivity index is 1.19. The van der Waals surface area contributed by atoms with Crippen LogP contribution in [-0.2, 0) is 16.1 Å². The minimum absolute atomic E-state index is 0.0518. The summed E-state index contributed by atoms with van der Waals surface area (Å²) in [5, 5.41) is 0. The standard InChI is InChI=1S/C29H39F2N7O2/c1-33-25-16-22(30)6-7-26(25)38(20-40-24-4-2-3-5-24)23-8-12-37(13-9-23)27(39)29(31)10-14-36(15-11-29)19-21-17-34-28(32)35-18-21/h6-7,16-18,23-24H,1-5,8-15,19-20H2,(H2,32,34,35). The maximum atomic E-state index is 15.9. The third-order valence-corrected chi connectivity index (χ3v) is 8.52. The number of aromatic nitrogens is 2. The summed E-state index contributed by atoms with van der Waals surface area (Å²) < 4.78 is 36.1. The van der Waals surface area contributed by atoms with Crippen LogP contribution in [0, 0.1) is 5.82 Å². The second-order valence-electron chi connectivity index (χ2n) is 11.2. The highest BCUT2D eigenvalue weighted by atomic mass is 19.1. The molecular weight excluding hydrogens is 516 g/mol. The van der Waals surface area contributed by atoms with E-state index in [0.717, 1.165) is 24.1 Å². The van der Waals surface area contributed by atoms with Crippen LogP contribution in [0.3, 0.4) is 0 Å². The second-order valence-corrected chi connectivity index (χ2v) is 11.2. The van der Waals surface area contributed by atoms with E-state index in [-0.39, 0.29) is 36.8 Å². The maximum Gasteiger partial charge on any atom is 0.260 e. The number of anilines is 2. The molecule has 1 amide bonds. The predicted molar refractivity (Wildman–Crippen MR) is 151 cm³/mol. The van der Waals surface area contributed by atoms with Crippen molar-refractivity contribution in [2.45, 2.75) is 75.7 Å². The summed E-state index contributed by atoms with van der Waals surface area (Å²) >= 11 is 0. The molecule has 1 saturated carbocycles. The third kappa shape index (κ3) is 6.58. The molecule has 2 aliphatic heterocycles. The summed E-state index contributed by atoms with van der Waals surface area (Å²) in [5.74, 6) is -0.561. The van der Waals surface area contributed by atoms with Gasteiger partial charge in [0.1, 0.15) is 12.5 Å². The summed E-state index contributed by atoms with van der Waals surface area (Å²) in [4.78, 5) is 31.4. The van der Waals surface area contributed by atoms with Crippen LogP contribution in [0.4, 0.5) is 26.1 Å². The van der Waals surface area contributed by atoms with E-state index in [2.05, 4.69) is 31.5 Å². The summed E-state index contributed by atoms with van der Waals surface area (Å²) in [5.41, 5.74) is 5.84. The number of hydrogen-bond donors (Lipinski definition) is 1. The lowest BCUT2D eigenvalue weighted by Gasteiger charge is -2.43. The molecule has 0 spiro atoms. The number of likely N-dealkylation sites (tertiary alicyclic amines) is 2. The van der Waals surface area contributed by atoms with Crippen molar-refractivity contribution >= 4 is 29.9 Å². The van der Waals surface area contributed by atoms with Crippen molar-refractivity contribution in [1.29, 1.82) is 0 Å². The van der Waals surface area contributed by atoms with Gasteiger partial charge in [0.2, 0.25) is 5.95 Å². The smallest absolute Gasteiger partial charge is 0.260 e. The van der Waals surface area contributed by atoms with Gasteiger partial charge in [0, 0.05) is 75.6 Å². The molecule has 3 fully saturated rings. The number of nitrogen functional groups attached to an aromatic ring is 1. The molecule has 5 rings (SSSR count). The molecular formula is C29H39F2N7O2. The molecule has 3 heterocycles. The van der Waals surface area contributed by atoms with Gasteiger partial charge < -0.3 is 20.3 Å². The molecule has 0 bridgehead atoms. The highest BCUT2D eigenvalue weighted by molar-refractivity contribution is 5.85. The van der Waals surface area contributed by atoms with Gasteiger partial charge in [-0.25, -0.2) is 18.7 Å². The summed E-state index contributed by atoms with van der Waals surface area (Å²) in [6.45, 7) is 6.47. The van der Waals surface area contributed by atoms with Gasteiger partial charge in [-0.1, -0.05) is 12.8 Å². The number of aliphatic imine (C=N–C) groups is 1. The number of alkyl halides is 1. The van der Waals surface area contributed by atoms with Crippen molar-refractivity contribution in [1.82, 2.24) is 19.8 Å². The quantitative estimate of drug-likeness (QED) is 0.365. The number of rotatable bonds is 9. The number of hydrogen-bond acceptors (Lipinski definition) is 8. The molecule has 216 valence electrons. The van der Waals surface area contributed by atoms with Gasteiger partial charge in [0.15, 0.2) is 5.67 Å². The van der Waals surface area contributed by atoms with Crippen LogP contribution in [0.2, 0.25) is 0 Å². The predicted octanol–water partition coefficient (Wildman–Crippen LogP) is 4.25. The lowest BCUT2D eigenvalue weighted by Crippen LogP contribution is -2.55. The molecule has 40 heavy (non-hydrogen) atoms. The average molecular weight is 556 g/mol. The average Bonchev–Trinajstić information content (AvgIpc) is 3.50. The molecule has 11 heteroatoms. The van der Waals surface area contributed by atoms with Gasteiger partial charge in [-0.3, -0.25) is 14.7 Å². The van der Waals surface area contributed by atoms with Gasteiger partial charge in [-0.05, 0) is 44.5 Å². The van der Waals surface area contributed by atoms with Crippen LogP contribution < -0.4 is 10.6 Å². The molecule has 0 unspecified atom stereocenters. The van der Waals surface area contributed by atoms with Crippen molar-refractivity contribution in [2.24, 2.45) is 4.99 Å². The monoisotopic (exact) mass is 555 g/mol. The fourth-order valence-electron chi connectivity index (χ4n) is 6.13. The molecule has 0 atom stereocenters. The fraction of sp³-hybridized carbons (Fsp3) is 0.586. The van der Waals surface area contributed by atoms with Gasteiger partial charge in [-0.15, -0.1) is 0 Å². The first kappa shape index (κ1) is 28.4. The van der Waals surface area contributed by atoms with E-state index in [4.69, 9.17) is 10.5 Å². The zero-order valence-corrected chi connectivity index (χ0v) is 23.0. The lowest BCUT2D eigenvalue weighted by molar-refractivity contribution is -0.148. The number of nitrogens with zero attached hydrogens (tertiary/aromatic N) is 6. The molecule has 1 aromatic carbocycles. The summed E-state index contributed by atoms with van der Waals surface area (Å²) in [6, 6.07) is 4.57. The van der Waals surface area contributed by atoms with Crippen LogP contribution in [0.5, 0.6) is 0 Å². The largest absolute Gasteiger partial charge is 0.368 e. The number of carbonyl (C=O) groups is 1. The number of amides is 1. The van der Waals surface area contributed by atoms with E-state index >= 15 is 4.39 Å². The van der Waals surface area contributed by atoms with Crippen molar-refractivity contribution in [3.05, 3.63) is 42.0 Å². The van der Waals surface area contributed by atoms with E-state index in [1.807, 2.05) is 0 Å². The van der Waals surface area contributed by atoms with Crippen LogP contribution in [-0.4, -0.2) is 83.1 Å². The second kappa shape index (κ2) is 12.6. The van der Waals surface area contributed by atoms with Crippen LogP contribution in [0.15, 0.2) is 35.6 Å². The Morgan fingerprint density at radius 3 is 2.45 bits per heavy atom. The molecule has 9 nitrogen and oxygen atoms in total. The number of carbonyl (C=O) groups excluding carboxylic acids is 1. The number of nitrogens with two attached hydrogens (primary N) is 1. The molecule has 3 aliphatic rings. The van der Waals surface area contributed by atoms with Crippen LogP contribution in [0.25, 0.3) is 0 Å². The van der Waals surface area contributed by atoms with Crippen LogP contribution >= 0.6 is 0 Å². The van der Waals surface area contributed by atoms with E-state index in [9.17, 15) is 9.18 Å². The minimum atomic E-state index is -1.86. The van der Waals surface area contributed by atoms with Crippen molar-refractivity contribution in [3.8, 4) is 0 Å². The van der Waals surface area contributed by atoms with E-state index < -0.39 is 11.6 Å². The zero-order valence-electron chi connectivity index (χ0n) is 23.0. The first-order valence-corrected chi connectivity index (χ1v) is 14.3. The topological polar surface area (TPSA) is 100 Å². The highest BCUT2D eigenvalue weighted by Gasteiger charge is 2.45. The SMILES string of the molecule is C=Nc1cc(F)ccc1N(COC1CCCC1)C1CCN(C(=O)C2(F)CCN(Cc3cnc(N)nc3)CC2)CC1. The lowest BCUT2D eigenvalue weighted by atomic mass is 9.90. The molecule has 2 aromatic rings. The fourth-order valence-corrected chi connectivity index (χ4v) is 6.13. The van der Waals surface area contributed by atoms with Crippen molar-refractivity contribution in [3.63, 3.8) is 0 Å². The number of ether oxygens (including phenoxy) is 1. The van der Waals surface area contributed by atoms with Gasteiger partial charge in [-0.2, -0.15) is 0 Å². The Morgan fingerprint density at radius 2 is 1.80 bits per heavy atom. The Morgan fingerprint density at radius 1 is 1.12 bits per heavy atom. The molecule has 2 saturated heterocycles. The Bertz CT molecular complexity index is 1160. The highest BCUT2D eigenvalue weighted by Crippen LogP contribution is 2.35. The molecule has 1 aliphatic carbocycles. The van der Waals surface area contributed by atoms with Gasteiger partial charge in [0.05, 0.1) is 17.5 Å². The minimum Gasteiger partial charge on any atom is -0.368 e. The van der Waals surface area contributed by atoms with Crippen molar-refractivity contribution < 1.29 is 18.3 Å². The Labute approximate surface area is 234 Å². The zero-order chi connectivity index (χ0) is 28.1. The molecule has 2 N–H and O–H groups in total. The third-order valence-electron chi connectivity index (χ3n) is 8.52. The van der Waals surface area contributed by atoms with E-state index in [1.54, 1.807) is 23.4 Å². The molecule has 0 radical (unpaired) electrons. The Kier molecular flexibility index (Phi) is 8.90. The summed E-state index contributed by atoms with van der Waals surface area (Å²) in [6.07, 6.45) is 9.63. The number of halogens is 2. The Hall–Kier alpha value is -3.18. The molecule has 1 aromatic heterocycles. The maximum absolute atomic E-state index is 15.9. The number of benzene rings is 1. The van der Waals surface area contributed by atoms with Gasteiger partial charge >= 0.3 is 0 Å². The first-order chi connectivity index (χ1) is 19.3. The normalized spacial score (nSPS) is 20.5. The number of piperidine rings is 2.